The maximum Gasteiger partial charge on any atom is 0.0541 e. The minimum absolute atomic E-state index is 0.0976. The van der Waals surface area contributed by atoms with Gasteiger partial charge in [0, 0.05) is 44.4 Å². The maximum absolute atomic E-state index is 2.45. The number of para-hydroxylation sites is 2. The molecule has 62 heavy (non-hydrogen) atoms. The minimum Gasteiger partial charge on any atom is -0.310 e. The molecule has 0 spiro atoms. The predicted molar refractivity (Wildman–Crippen MR) is 261 cm³/mol. The summed E-state index contributed by atoms with van der Waals surface area (Å²) in [5, 5.41) is 2.56. The Balaban J connectivity index is 0.883. The Morgan fingerprint density at radius 2 is 0.677 bits per heavy atom. The van der Waals surface area contributed by atoms with E-state index in [4.69, 9.17) is 0 Å². The second-order valence-corrected chi connectivity index (χ2v) is 18.2. The summed E-state index contributed by atoms with van der Waals surface area (Å²) in [5.74, 6) is 0. The Bertz CT molecular complexity index is 3220. The first kappa shape index (κ1) is 36.4. The van der Waals surface area contributed by atoms with Crippen LogP contribution < -0.4 is 4.90 Å². The first-order valence-corrected chi connectivity index (χ1v) is 21.8. The SMILES string of the molecule is CC1(C)c2ccccc2-c2ccc(N(c3ccc(-c4ccc(-c5ccc(-n6c7ccccc7c7ccccc76)cc5)cc4)cc3)c3ccc4c(c3)C(C)(C)c3ccccc3-4)cc21. The molecule has 0 aliphatic heterocycles. The van der Waals surface area contributed by atoms with Crippen molar-refractivity contribution in [3.8, 4) is 50.2 Å². The summed E-state index contributed by atoms with van der Waals surface area (Å²) in [6.45, 7) is 9.46. The molecular weight excluding hydrogens is 749 g/mol. The van der Waals surface area contributed by atoms with E-state index >= 15 is 0 Å². The minimum atomic E-state index is -0.0976. The van der Waals surface area contributed by atoms with E-state index in [1.54, 1.807) is 0 Å². The monoisotopic (exact) mass is 794 g/mol. The van der Waals surface area contributed by atoms with E-state index in [-0.39, 0.29) is 10.8 Å². The van der Waals surface area contributed by atoms with Crippen molar-refractivity contribution in [3.05, 3.63) is 229 Å². The lowest BCUT2D eigenvalue weighted by molar-refractivity contribution is 0.660. The molecule has 0 saturated heterocycles. The number of aromatic nitrogens is 1. The molecule has 9 aromatic carbocycles. The van der Waals surface area contributed by atoms with Crippen LogP contribution in [0.4, 0.5) is 17.1 Å². The van der Waals surface area contributed by atoms with E-state index < -0.39 is 0 Å². The molecule has 2 heteroatoms. The van der Waals surface area contributed by atoms with E-state index in [2.05, 4.69) is 243 Å². The molecule has 0 saturated carbocycles. The smallest absolute Gasteiger partial charge is 0.0541 e. The van der Waals surface area contributed by atoms with Gasteiger partial charge in [-0.3, -0.25) is 0 Å². The molecule has 2 aliphatic rings. The highest BCUT2D eigenvalue weighted by Gasteiger charge is 2.37. The molecule has 1 aromatic heterocycles. The largest absolute Gasteiger partial charge is 0.310 e. The van der Waals surface area contributed by atoms with Gasteiger partial charge in [-0.05, 0) is 127 Å². The summed E-state index contributed by atoms with van der Waals surface area (Å²) < 4.78 is 2.37. The average molecular weight is 795 g/mol. The fraction of sp³-hybridized carbons (Fsp3) is 0.100. The second kappa shape index (κ2) is 13.5. The van der Waals surface area contributed by atoms with Crippen LogP contribution in [0.2, 0.25) is 0 Å². The van der Waals surface area contributed by atoms with Crippen molar-refractivity contribution >= 4 is 38.9 Å². The normalized spacial score (nSPS) is 14.1. The highest BCUT2D eigenvalue weighted by atomic mass is 15.1. The number of fused-ring (bicyclic) bond motifs is 9. The first-order chi connectivity index (χ1) is 30.3. The summed E-state index contributed by atoms with van der Waals surface area (Å²) in [6, 6.07) is 76.4. The van der Waals surface area contributed by atoms with E-state index in [1.807, 2.05) is 0 Å². The average Bonchev–Trinajstić information content (AvgIpc) is 3.86. The van der Waals surface area contributed by atoms with Crippen LogP contribution in [0.3, 0.4) is 0 Å². The van der Waals surface area contributed by atoms with Gasteiger partial charge in [-0.1, -0.05) is 173 Å². The summed E-state index contributed by atoms with van der Waals surface area (Å²) in [6.07, 6.45) is 0. The molecule has 0 amide bonds. The van der Waals surface area contributed by atoms with Crippen molar-refractivity contribution in [2.24, 2.45) is 0 Å². The Kier molecular flexibility index (Phi) is 7.96. The molecule has 2 aliphatic carbocycles. The zero-order chi connectivity index (χ0) is 41.7. The molecule has 0 bridgehead atoms. The van der Waals surface area contributed by atoms with Gasteiger partial charge in [0.2, 0.25) is 0 Å². The van der Waals surface area contributed by atoms with Gasteiger partial charge in [0.15, 0.2) is 0 Å². The lowest BCUT2D eigenvalue weighted by Gasteiger charge is -2.30. The Hall–Kier alpha value is -7.42. The van der Waals surface area contributed by atoms with Crippen LogP contribution in [0.25, 0.3) is 72.0 Å². The number of nitrogens with zero attached hydrogens (tertiary/aromatic N) is 2. The highest BCUT2D eigenvalue weighted by molar-refractivity contribution is 6.09. The summed E-state index contributed by atoms with van der Waals surface area (Å²) in [5.41, 5.74) is 22.6. The van der Waals surface area contributed by atoms with Gasteiger partial charge in [-0.2, -0.15) is 0 Å². The first-order valence-electron chi connectivity index (χ1n) is 21.8. The van der Waals surface area contributed by atoms with Crippen LogP contribution in [-0.2, 0) is 10.8 Å². The van der Waals surface area contributed by atoms with Gasteiger partial charge in [0.05, 0.1) is 11.0 Å². The molecule has 0 N–H and O–H groups in total. The quantitative estimate of drug-likeness (QED) is 0.163. The fourth-order valence-electron chi connectivity index (χ4n) is 10.8. The molecule has 1 heterocycles. The van der Waals surface area contributed by atoms with Crippen LogP contribution in [0.5, 0.6) is 0 Å². The molecule has 0 fully saturated rings. The zero-order valence-electron chi connectivity index (χ0n) is 35.5. The molecule has 0 unspecified atom stereocenters. The van der Waals surface area contributed by atoms with Crippen LogP contribution in [0, 0.1) is 0 Å². The highest BCUT2D eigenvalue weighted by Crippen LogP contribution is 2.53. The number of anilines is 3. The lowest BCUT2D eigenvalue weighted by atomic mass is 9.82. The number of hydrogen-bond acceptors (Lipinski definition) is 1. The summed E-state index contributed by atoms with van der Waals surface area (Å²) >= 11 is 0. The van der Waals surface area contributed by atoms with Crippen molar-refractivity contribution < 1.29 is 0 Å². The Morgan fingerprint density at radius 1 is 0.323 bits per heavy atom. The third-order valence-corrected chi connectivity index (χ3v) is 14.0. The molecule has 12 rings (SSSR count). The second-order valence-electron chi connectivity index (χ2n) is 18.2. The van der Waals surface area contributed by atoms with Gasteiger partial charge >= 0.3 is 0 Å². The van der Waals surface area contributed by atoms with Crippen LogP contribution in [-0.4, -0.2) is 4.57 Å². The topological polar surface area (TPSA) is 8.17 Å². The Labute approximate surface area is 364 Å². The van der Waals surface area contributed by atoms with Crippen molar-refractivity contribution in [2.45, 2.75) is 38.5 Å². The molecule has 2 nitrogen and oxygen atoms in total. The zero-order valence-corrected chi connectivity index (χ0v) is 35.5. The molecule has 10 aromatic rings. The van der Waals surface area contributed by atoms with Crippen LogP contribution in [0.1, 0.15) is 49.9 Å². The predicted octanol–water partition coefficient (Wildman–Crippen LogP) is 16.2. The van der Waals surface area contributed by atoms with Crippen LogP contribution >= 0.6 is 0 Å². The van der Waals surface area contributed by atoms with E-state index in [1.165, 1.54) is 106 Å². The van der Waals surface area contributed by atoms with Gasteiger partial charge < -0.3 is 9.47 Å². The number of rotatable bonds is 6. The summed E-state index contributed by atoms with van der Waals surface area (Å²) in [7, 11) is 0. The van der Waals surface area contributed by atoms with E-state index in [0.29, 0.717) is 0 Å². The Morgan fingerprint density at radius 3 is 1.15 bits per heavy atom. The third-order valence-electron chi connectivity index (χ3n) is 14.0. The van der Waals surface area contributed by atoms with Crippen molar-refractivity contribution in [2.75, 3.05) is 4.90 Å². The van der Waals surface area contributed by atoms with E-state index in [0.717, 1.165) is 5.69 Å². The van der Waals surface area contributed by atoms with Crippen molar-refractivity contribution in [1.29, 1.82) is 0 Å². The number of benzene rings is 9. The van der Waals surface area contributed by atoms with Gasteiger partial charge in [-0.25, -0.2) is 0 Å². The standard InChI is InChI=1S/C60H46N2/c1-59(2)53-17-9-5-13-47(53)49-35-33-45(37-55(49)59)61(46-34-36-50-48-14-6-10-18-54(48)60(3,4)56(50)38-46)43-29-25-41(26-30-43)39-21-23-40(24-22-39)42-27-31-44(32-28-42)62-57-19-11-7-15-51(57)52-16-8-12-20-58(52)62/h5-38H,1-4H3. The molecular formula is C60H46N2. The number of hydrogen-bond donors (Lipinski definition) is 0. The molecule has 0 atom stereocenters. The maximum atomic E-state index is 2.45. The third kappa shape index (κ3) is 5.43. The van der Waals surface area contributed by atoms with Crippen molar-refractivity contribution in [1.82, 2.24) is 4.57 Å². The lowest BCUT2D eigenvalue weighted by Crippen LogP contribution is -2.18. The molecule has 296 valence electrons. The van der Waals surface area contributed by atoms with Gasteiger partial charge in [0.1, 0.15) is 0 Å². The van der Waals surface area contributed by atoms with Crippen LogP contribution in [0.15, 0.2) is 206 Å². The summed E-state index contributed by atoms with van der Waals surface area (Å²) in [4.78, 5) is 2.45. The van der Waals surface area contributed by atoms with Gasteiger partial charge in [-0.15, -0.1) is 0 Å². The van der Waals surface area contributed by atoms with E-state index in [9.17, 15) is 0 Å². The van der Waals surface area contributed by atoms with Crippen molar-refractivity contribution in [3.63, 3.8) is 0 Å². The van der Waals surface area contributed by atoms with Gasteiger partial charge in [0.25, 0.3) is 0 Å². The fourth-order valence-corrected chi connectivity index (χ4v) is 10.8. The molecule has 0 radical (unpaired) electrons.